The maximum atomic E-state index is 11.3. The maximum Gasteiger partial charge on any atom is 0.408 e. The Morgan fingerprint density at radius 3 is 2.14 bits per heavy atom. The van der Waals surface area contributed by atoms with Crippen molar-refractivity contribution in [2.24, 2.45) is 0 Å². The third-order valence-corrected chi connectivity index (χ3v) is 1.44. The number of alkyl carbamates (subject to hydrolysis) is 1. The Bertz CT molecular complexity index is 232. The first-order valence-electron chi connectivity index (χ1n) is 4.33. The van der Waals surface area contributed by atoms with Gasteiger partial charge in [-0.1, -0.05) is 6.08 Å². The lowest BCUT2D eigenvalue weighted by Gasteiger charge is -2.24. The van der Waals surface area contributed by atoms with E-state index in [0.717, 1.165) is 0 Å². The van der Waals surface area contributed by atoms with Crippen LogP contribution in [0.25, 0.3) is 0 Å². The molecule has 4 heteroatoms. The fourth-order valence-electron chi connectivity index (χ4n) is 0.652. The van der Waals surface area contributed by atoms with E-state index in [-0.39, 0.29) is 0 Å². The molecule has 0 aromatic rings. The monoisotopic (exact) mass is 199 g/mol. The molecule has 0 aliphatic heterocycles. The van der Waals surface area contributed by atoms with E-state index >= 15 is 0 Å². The van der Waals surface area contributed by atoms with E-state index in [1.807, 2.05) is 0 Å². The first kappa shape index (κ1) is 12.7. The molecular weight excluding hydrogens is 182 g/mol. The van der Waals surface area contributed by atoms with Crippen LogP contribution in [0, 0.1) is 0 Å². The van der Waals surface area contributed by atoms with Crippen LogP contribution < -0.4 is 5.32 Å². The van der Waals surface area contributed by atoms with Crippen molar-refractivity contribution in [1.29, 1.82) is 0 Å². The summed E-state index contributed by atoms with van der Waals surface area (Å²) < 4.78 is 4.98. The molecule has 0 radical (unpaired) electrons. The van der Waals surface area contributed by atoms with E-state index < -0.39 is 17.2 Å². The van der Waals surface area contributed by atoms with Gasteiger partial charge in [0.05, 0.1) is 0 Å². The van der Waals surface area contributed by atoms with Crippen molar-refractivity contribution in [3.05, 3.63) is 12.7 Å². The van der Waals surface area contributed by atoms with Crippen LogP contribution in [0.15, 0.2) is 12.7 Å². The molecule has 0 heterocycles. The van der Waals surface area contributed by atoms with Gasteiger partial charge in [-0.25, -0.2) is 4.79 Å². The lowest BCUT2D eigenvalue weighted by atomic mass is 10.1. The van der Waals surface area contributed by atoms with E-state index in [0.29, 0.717) is 6.29 Å². The minimum atomic E-state index is -1.07. The van der Waals surface area contributed by atoms with Crippen molar-refractivity contribution in [2.45, 2.75) is 38.8 Å². The van der Waals surface area contributed by atoms with Crippen LogP contribution in [0.1, 0.15) is 27.7 Å². The van der Waals surface area contributed by atoms with Gasteiger partial charge in [0.2, 0.25) is 0 Å². The highest BCUT2D eigenvalue weighted by atomic mass is 16.6. The van der Waals surface area contributed by atoms with E-state index in [1.165, 1.54) is 13.0 Å². The van der Waals surface area contributed by atoms with Gasteiger partial charge in [-0.2, -0.15) is 0 Å². The highest BCUT2D eigenvalue weighted by molar-refractivity contribution is 5.78. The number of hydrogen-bond donors (Lipinski definition) is 1. The SMILES string of the molecule is C=C[C@](C)(C=O)NC(=O)OC(C)(C)C. The first-order chi connectivity index (χ1) is 6.22. The molecule has 1 atom stereocenters. The number of hydrogen-bond acceptors (Lipinski definition) is 3. The number of ether oxygens (including phenoxy) is 1. The summed E-state index contributed by atoms with van der Waals surface area (Å²) in [6, 6.07) is 0. The van der Waals surface area contributed by atoms with Crippen LogP contribution in [-0.4, -0.2) is 23.5 Å². The van der Waals surface area contributed by atoms with Gasteiger partial charge in [-0.3, -0.25) is 0 Å². The molecule has 1 amide bonds. The lowest BCUT2D eigenvalue weighted by molar-refractivity contribution is -0.111. The largest absolute Gasteiger partial charge is 0.444 e. The zero-order valence-corrected chi connectivity index (χ0v) is 9.09. The fraction of sp³-hybridized carbons (Fsp3) is 0.600. The van der Waals surface area contributed by atoms with Gasteiger partial charge < -0.3 is 14.8 Å². The molecule has 0 rings (SSSR count). The Morgan fingerprint density at radius 1 is 1.36 bits per heavy atom. The van der Waals surface area contributed by atoms with Crippen molar-refractivity contribution in [3.8, 4) is 0 Å². The third-order valence-electron chi connectivity index (χ3n) is 1.44. The number of amides is 1. The first-order valence-corrected chi connectivity index (χ1v) is 4.33. The summed E-state index contributed by atoms with van der Waals surface area (Å²) >= 11 is 0. The second-order valence-corrected chi connectivity index (χ2v) is 4.23. The minimum absolute atomic E-state index is 0.574. The number of carbonyl (C=O) groups is 2. The summed E-state index contributed by atoms with van der Waals surface area (Å²) in [4.78, 5) is 21.9. The van der Waals surface area contributed by atoms with Crippen LogP contribution in [0.5, 0.6) is 0 Å². The van der Waals surface area contributed by atoms with Gasteiger partial charge in [-0.05, 0) is 27.7 Å². The highest BCUT2D eigenvalue weighted by Crippen LogP contribution is 2.08. The predicted molar refractivity (Wildman–Crippen MR) is 54.0 cm³/mol. The quantitative estimate of drug-likeness (QED) is 0.555. The molecule has 0 bridgehead atoms. The second kappa shape index (κ2) is 4.26. The van der Waals surface area contributed by atoms with Gasteiger partial charge in [0.25, 0.3) is 0 Å². The standard InChI is InChI=1S/C10H17NO3/c1-6-10(5,7-12)11-8(13)14-9(2,3)4/h6-7H,1H2,2-5H3,(H,11,13)/t10-/m1/s1. The van der Waals surface area contributed by atoms with Crippen LogP contribution in [-0.2, 0) is 9.53 Å². The molecule has 0 aromatic heterocycles. The molecule has 0 saturated heterocycles. The lowest BCUT2D eigenvalue weighted by Crippen LogP contribution is -2.47. The predicted octanol–water partition coefficient (Wildman–Crippen LogP) is 1.65. The maximum absolute atomic E-state index is 11.3. The Labute approximate surface area is 84.3 Å². The minimum Gasteiger partial charge on any atom is -0.444 e. The second-order valence-electron chi connectivity index (χ2n) is 4.23. The average molecular weight is 199 g/mol. The van der Waals surface area contributed by atoms with Crippen molar-refractivity contribution >= 4 is 12.4 Å². The van der Waals surface area contributed by atoms with Crippen LogP contribution in [0.2, 0.25) is 0 Å². The van der Waals surface area contributed by atoms with Gasteiger partial charge in [-0.15, -0.1) is 6.58 Å². The molecule has 4 nitrogen and oxygen atoms in total. The summed E-state index contributed by atoms with van der Waals surface area (Å²) in [5.74, 6) is 0. The zero-order valence-electron chi connectivity index (χ0n) is 9.09. The highest BCUT2D eigenvalue weighted by Gasteiger charge is 2.25. The van der Waals surface area contributed by atoms with E-state index in [9.17, 15) is 9.59 Å². The number of aldehydes is 1. The molecule has 0 spiro atoms. The average Bonchev–Trinajstić information content (AvgIpc) is 2.00. The molecule has 0 aromatic carbocycles. The summed E-state index contributed by atoms with van der Waals surface area (Å²) in [7, 11) is 0. The van der Waals surface area contributed by atoms with E-state index in [2.05, 4.69) is 11.9 Å². The molecule has 1 N–H and O–H groups in total. The van der Waals surface area contributed by atoms with E-state index in [4.69, 9.17) is 4.74 Å². The Balaban J connectivity index is 4.32. The Morgan fingerprint density at radius 2 is 1.86 bits per heavy atom. The van der Waals surface area contributed by atoms with Crippen LogP contribution in [0.4, 0.5) is 4.79 Å². The molecule has 0 fully saturated rings. The molecule has 0 aliphatic rings. The topological polar surface area (TPSA) is 55.4 Å². The van der Waals surface area contributed by atoms with Gasteiger partial charge >= 0.3 is 6.09 Å². The summed E-state index contributed by atoms with van der Waals surface area (Å²) in [5, 5.41) is 2.40. The van der Waals surface area contributed by atoms with Gasteiger partial charge in [0, 0.05) is 0 Å². The number of carbonyl (C=O) groups excluding carboxylic acids is 2. The third kappa shape index (κ3) is 4.64. The summed E-state index contributed by atoms with van der Waals surface area (Å²) in [6.45, 7) is 10.2. The van der Waals surface area contributed by atoms with Crippen LogP contribution in [0.3, 0.4) is 0 Å². The zero-order chi connectivity index (χ0) is 11.4. The molecule has 0 unspecified atom stereocenters. The molecule has 0 aliphatic carbocycles. The molecule has 0 saturated carbocycles. The smallest absolute Gasteiger partial charge is 0.408 e. The fourth-order valence-corrected chi connectivity index (χ4v) is 0.652. The number of rotatable bonds is 3. The van der Waals surface area contributed by atoms with Crippen molar-refractivity contribution < 1.29 is 14.3 Å². The summed E-state index contributed by atoms with van der Waals surface area (Å²) in [5.41, 5.74) is -1.64. The van der Waals surface area contributed by atoms with Crippen molar-refractivity contribution in [1.82, 2.24) is 5.32 Å². The van der Waals surface area contributed by atoms with Gasteiger partial charge in [0.1, 0.15) is 17.4 Å². The summed E-state index contributed by atoms with van der Waals surface area (Å²) in [6.07, 6.45) is 1.32. The molecule has 14 heavy (non-hydrogen) atoms. The molecular formula is C10H17NO3. The van der Waals surface area contributed by atoms with E-state index in [1.54, 1.807) is 20.8 Å². The van der Waals surface area contributed by atoms with Crippen molar-refractivity contribution in [2.75, 3.05) is 0 Å². The Hall–Kier alpha value is -1.32. The molecule has 80 valence electrons. The normalized spacial score (nSPS) is 15.1. The number of nitrogens with one attached hydrogen (secondary N) is 1. The van der Waals surface area contributed by atoms with Crippen molar-refractivity contribution in [3.63, 3.8) is 0 Å². The van der Waals surface area contributed by atoms with Crippen LogP contribution >= 0.6 is 0 Å². The van der Waals surface area contributed by atoms with Gasteiger partial charge in [0.15, 0.2) is 0 Å². The Kier molecular flexibility index (Phi) is 3.86.